The Morgan fingerprint density at radius 2 is 0.512 bits per heavy atom. The zero-order chi connectivity index (χ0) is 56.0. The molecule has 0 saturated carbocycles. The fourth-order valence-corrected chi connectivity index (χ4v) is 15.6. The third-order valence-corrected chi connectivity index (χ3v) is 18.9. The second-order valence-electron chi connectivity index (χ2n) is 23.0. The van der Waals surface area contributed by atoms with Gasteiger partial charge < -0.3 is 27.2 Å². The van der Waals surface area contributed by atoms with Crippen LogP contribution in [0, 0.1) is 11.3 Å². The molecule has 0 radical (unpaired) electrons. The molecule has 0 N–H and O–H groups in total. The summed E-state index contributed by atoms with van der Waals surface area (Å²) >= 11 is 0. The van der Waals surface area contributed by atoms with Gasteiger partial charge in [0, 0.05) is 86.8 Å². The van der Waals surface area contributed by atoms with Gasteiger partial charge in [-0.05, 0) is 91.0 Å². The van der Waals surface area contributed by atoms with Gasteiger partial charge >= 0.3 is 0 Å². The van der Waals surface area contributed by atoms with Crippen LogP contribution in [0.2, 0.25) is 0 Å². The Balaban J connectivity index is 1.06. The average molecular weight is 1090 g/mol. The van der Waals surface area contributed by atoms with Crippen LogP contribution in [0.15, 0.2) is 273 Å². The predicted octanol–water partition coefficient (Wildman–Crippen LogP) is 20.2. The maximum atomic E-state index is 12.7. The van der Waals surface area contributed by atoms with Gasteiger partial charge in [0.15, 0.2) is 0 Å². The molecule has 7 aromatic heterocycles. The smallest absolute Gasteiger partial charge is 0.104 e. The lowest BCUT2D eigenvalue weighted by molar-refractivity contribution is 1.05. The zero-order valence-corrected chi connectivity index (χ0v) is 46.1. The van der Waals surface area contributed by atoms with Gasteiger partial charge in [-0.15, -0.1) is 0 Å². The molecule has 0 amide bonds. The van der Waals surface area contributed by atoms with Gasteiger partial charge in [0.05, 0.1) is 88.8 Å². The Hall–Kier alpha value is -11.9. The Morgan fingerprint density at radius 3 is 0.895 bits per heavy atom. The van der Waals surface area contributed by atoms with E-state index in [9.17, 15) is 5.26 Å². The third-order valence-electron chi connectivity index (χ3n) is 18.9. The molecule has 0 atom stereocenters. The number of fused-ring (bicyclic) bond motifs is 21. The van der Waals surface area contributed by atoms with Crippen molar-refractivity contribution in [3.8, 4) is 34.5 Å². The van der Waals surface area contributed by atoms with Gasteiger partial charge in [-0.2, -0.15) is 5.26 Å². The number of aromatic nitrogens is 6. The maximum absolute atomic E-state index is 12.7. The lowest BCUT2D eigenvalue weighted by atomic mass is 9.99. The molecule has 13 aromatic carbocycles. The van der Waals surface area contributed by atoms with Crippen molar-refractivity contribution < 1.29 is 0 Å². The number of nitriles is 1. The topological polar surface area (TPSA) is 52.8 Å². The fourth-order valence-electron chi connectivity index (χ4n) is 15.6. The van der Waals surface area contributed by atoms with Crippen molar-refractivity contribution >= 4 is 147 Å². The van der Waals surface area contributed by atoms with Crippen LogP contribution in [0.4, 0.5) is 0 Å². The van der Waals surface area contributed by atoms with E-state index in [1.165, 1.54) is 21.5 Å². The summed E-state index contributed by atoms with van der Waals surface area (Å²) in [4.78, 5) is 0. The van der Waals surface area contributed by atoms with Crippen LogP contribution >= 0.6 is 0 Å². The minimum absolute atomic E-state index is 0.587. The second-order valence-corrected chi connectivity index (χ2v) is 23.0. The molecule has 0 unspecified atom stereocenters. The summed E-state index contributed by atoms with van der Waals surface area (Å²) in [6, 6.07) is 103. The van der Waals surface area contributed by atoms with E-state index < -0.39 is 0 Å². The van der Waals surface area contributed by atoms with Crippen LogP contribution in [-0.4, -0.2) is 27.2 Å². The number of nitrogens with zero attached hydrogens (tertiary/aromatic N) is 7. The molecule has 0 saturated heterocycles. The maximum Gasteiger partial charge on any atom is 0.104 e. The van der Waals surface area contributed by atoms with E-state index in [1.807, 2.05) is 0 Å². The second kappa shape index (κ2) is 16.7. The van der Waals surface area contributed by atoms with Crippen LogP contribution < -0.4 is 0 Å². The molecule has 7 heterocycles. The zero-order valence-electron chi connectivity index (χ0n) is 46.1. The summed E-state index contributed by atoms with van der Waals surface area (Å²) in [7, 11) is 0. The SMILES string of the molecule is N#Cc1c(-n2c3ccccc3c3ccccc32)c(-n2c3ccc(-n4c5ccccc5c5ccccc54)cc3c3cc(-n4c5ccccc5c5ccccc54)ccc32)c(-n2c3ccccc3c3ccccc32)c2c3cccc4c5ccccc5n(c12)c43. The van der Waals surface area contributed by atoms with Crippen molar-refractivity contribution in [1.82, 2.24) is 27.2 Å². The van der Waals surface area contributed by atoms with E-state index in [0.717, 1.165) is 154 Å². The summed E-state index contributed by atoms with van der Waals surface area (Å²) < 4.78 is 14.7. The number of hydrogen-bond acceptors (Lipinski definition) is 1. The third kappa shape index (κ3) is 5.70. The Kier molecular flexibility index (Phi) is 8.86. The van der Waals surface area contributed by atoms with Gasteiger partial charge in [-0.1, -0.05) is 182 Å². The summed E-state index contributed by atoms with van der Waals surface area (Å²) in [5.74, 6) is 0. The van der Waals surface area contributed by atoms with Crippen molar-refractivity contribution in [3.05, 3.63) is 279 Å². The lowest BCUT2D eigenvalue weighted by Gasteiger charge is -2.25. The molecular weight excluding hydrogens is 1050 g/mol. The molecule has 7 nitrogen and oxygen atoms in total. The molecule has 0 aliphatic heterocycles. The fraction of sp³-hybridized carbons (Fsp3) is 0. The van der Waals surface area contributed by atoms with Gasteiger partial charge in [0.1, 0.15) is 11.6 Å². The highest BCUT2D eigenvalue weighted by Crippen LogP contribution is 2.52. The quantitative estimate of drug-likeness (QED) is 0.169. The largest absolute Gasteiger partial charge is 0.309 e. The van der Waals surface area contributed by atoms with Gasteiger partial charge in [-0.3, -0.25) is 0 Å². The van der Waals surface area contributed by atoms with E-state index in [0.29, 0.717) is 5.56 Å². The highest BCUT2D eigenvalue weighted by Gasteiger charge is 2.34. The Bertz CT molecular complexity index is 6030. The first-order valence-corrected chi connectivity index (χ1v) is 29.4. The van der Waals surface area contributed by atoms with E-state index in [2.05, 4.69) is 306 Å². The molecule has 0 bridgehead atoms. The molecular formula is C79H45N7. The van der Waals surface area contributed by atoms with Crippen molar-refractivity contribution in [2.24, 2.45) is 0 Å². The molecule has 0 aliphatic carbocycles. The molecule has 7 heteroatoms. The van der Waals surface area contributed by atoms with Crippen molar-refractivity contribution in [1.29, 1.82) is 5.26 Å². The molecule has 396 valence electrons. The number of benzene rings is 13. The molecule has 20 rings (SSSR count). The van der Waals surface area contributed by atoms with E-state index in [-0.39, 0.29) is 0 Å². The van der Waals surface area contributed by atoms with E-state index >= 15 is 0 Å². The first kappa shape index (κ1) is 45.7. The van der Waals surface area contributed by atoms with Crippen LogP contribution in [0.3, 0.4) is 0 Å². The Morgan fingerprint density at radius 1 is 0.221 bits per heavy atom. The summed E-state index contributed by atoms with van der Waals surface area (Å²) in [5.41, 5.74) is 19.2. The first-order chi connectivity index (χ1) is 42.7. The highest BCUT2D eigenvalue weighted by molar-refractivity contribution is 6.29. The average Bonchev–Trinajstić information content (AvgIpc) is 1.50. The van der Waals surface area contributed by atoms with Crippen molar-refractivity contribution in [3.63, 3.8) is 0 Å². The summed E-state index contributed by atoms with van der Waals surface area (Å²) in [5, 5.41) is 28.7. The monoisotopic (exact) mass is 1090 g/mol. The van der Waals surface area contributed by atoms with Crippen LogP contribution in [0.25, 0.3) is 176 Å². The lowest BCUT2D eigenvalue weighted by Crippen LogP contribution is -2.12. The predicted molar refractivity (Wildman–Crippen MR) is 358 cm³/mol. The van der Waals surface area contributed by atoms with Crippen LogP contribution in [-0.2, 0) is 0 Å². The molecule has 0 aliphatic rings. The molecule has 86 heavy (non-hydrogen) atoms. The molecule has 20 aromatic rings. The number of para-hydroxylation sites is 10. The number of hydrogen-bond donors (Lipinski definition) is 0. The normalized spacial score (nSPS) is 12.4. The molecule has 0 spiro atoms. The summed E-state index contributed by atoms with van der Waals surface area (Å²) in [6.07, 6.45) is 0. The highest BCUT2D eigenvalue weighted by atomic mass is 15.1. The van der Waals surface area contributed by atoms with E-state index in [4.69, 9.17) is 0 Å². The van der Waals surface area contributed by atoms with Gasteiger partial charge in [0.25, 0.3) is 0 Å². The minimum atomic E-state index is 0.587. The summed E-state index contributed by atoms with van der Waals surface area (Å²) in [6.45, 7) is 0. The van der Waals surface area contributed by atoms with Gasteiger partial charge in [0.2, 0.25) is 0 Å². The standard InChI is InChI=1S/C79H45N7/c80-46-62-76-74(59-30-19-29-58-57-28-9-18-39-71(57)86(76)75(58)59)78(84-69-37-16-7-26-55(69)56-27-8-17-38-70(56)84)79(77(62)83-67-35-14-5-24-53(67)54-25-6-15-36-68(54)83)85-72-42-40-47(81-63-31-10-1-20-49(63)50-21-2-11-32-64(50)81)44-60(72)61-45-48(41-43-73(61)85)82-65-33-12-3-22-51(65)52-23-4-13-34-66(52)82/h1-45H. The van der Waals surface area contributed by atoms with Crippen LogP contribution in [0.5, 0.6) is 0 Å². The van der Waals surface area contributed by atoms with Crippen molar-refractivity contribution in [2.45, 2.75) is 0 Å². The van der Waals surface area contributed by atoms with Gasteiger partial charge in [-0.25, -0.2) is 0 Å². The minimum Gasteiger partial charge on any atom is -0.309 e. The van der Waals surface area contributed by atoms with E-state index in [1.54, 1.807) is 0 Å². The molecule has 0 fully saturated rings. The van der Waals surface area contributed by atoms with Crippen LogP contribution in [0.1, 0.15) is 5.56 Å². The first-order valence-electron chi connectivity index (χ1n) is 29.4. The Labute approximate surface area is 490 Å². The number of rotatable bonds is 5. The van der Waals surface area contributed by atoms with Crippen molar-refractivity contribution in [2.75, 3.05) is 0 Å².